The fraction of sp³-hybridized carbons (Fsp3) is 0.483. The van der Waals surface area contributed by atoms with Crippen LogP contribution in [0.4, 0.5) is 21.0 Å². The molecular formula is C29H41N5O6. The maximum Gasteiger partial charge on any atom is 0.321 e. The predicted molar refractivity (Wildman–Crippen MR) is 154 cm³/mol. The van der Waals surface area contributed by atoms with Crippen LogP contribution in [0.25, 0.3) is 0 Å². The van der Waals surface area contributed by atoms with E-state index < -0.39 is 12.1 Å². The number of nitrogens with one attached hydrogen (secondary N) is 3. The summed E-state index contributed by atoms with van der Waals surface area (Å²) in [5.41, 5.74) is 1.75. The van der Waals surface area contributed by atoms with Crippen LogP contribution >= 0.6 is 0 Å². The maximum absolute atomic E-state index is 13.4. The number of carbonyl (C=O) groups is 3. The number of ether oxygens (including phenoxy) is 2. The van der Waals surface area contributed by atoms with Crippen molar-refractivity contribution >= 4 is 29.3 Å². The molecule has 0 fully saturated rings. The Balaban J connectivity index is 1.84. The van der Waals surface area contributed by atoms with Crippen molar-refractivity contribution < 1.29 is 29.0 Å². The topological polar surface area (TPSA) is 132 Å². The number of fused-ring (bicyclic) bond motifs is 1. The van der Waals surface area contributed by atoms with Crippen LogP contribution in [-0.4, -0.2) is 84.9 Å². The molecule has 0 unspecified atom stereocenters. The lowest BCUT2D eigenvalue weighted by atomic mass is 10.0. The van der Waals surface area contributed by atoms with Crippen molar-refractivity contribution in [2.75, 3.05) is 44.5 Å². The third-order valence-electron chi connectivity index (χ3n) is 6.74. The number of urea groups is 2. The fourth-order valence-corrected chi connectivity index (χ4v) is 4.40. The van der Waals surface area contributed by atoms with Crippen molar-refractivity contribution in [2.24, 2.45) is 5.92 Å². The standard InChI is InChI=1S/C29H41N5O6/c1-18(2)30-28(37)31-23-9-12-25-21(13-23)14-27(36)34(20(4)17-35)15-19(3)26(40-25)16-33(5)29(38)32-22-7-10-24(39-6)11-8-22/h7-13,18-20,26,35H,14-17H2,1-6H3,(H,32,38)(H2,30,31,37)/t19-,20-,26+/m1/s1. The van der Waals surface area contributed by atoms with Crippen molar-refractivity contribution in [1.29, 1.82) is 0 Å². The van der Waals surface area contributed by atoms with Gasteiger partial charge < -0.3 is 40.3 Å². The minimum atomic E-state index is -0.465. The van der Waals surface area contributed by atoms with Crippen LogP contribution in [0.15, 0.2) is 42.5 Å². The largest absolute Gasteiger partial charge is 0.497 e. The van der Waals surface area contributed by atoms with Crippen LogP contribution in [0.2, 0.25) is 0 Å². The van der Waals surface area contributed by atoms with Crippen LogP contribution < -0.4 is 25.4 Å². The van der Waals surface area contributed by atoms with E-state index in [9.17, 15) is 19.5 Å². The number of aliphatic hydroxyl groups is 1. The van der Waals surface area contributed by atoms with E-state index >= 15 is 0 Å². The predicted octanol–water partition coefficient (Wildman–Crippen LogP) is 3.54. The first-order valence-corrected chi connectivity index (χ1v) is 13.4. The molecule has 0 bridgehead atoms. The van der Waals surface area contributed by atoms with Gasteiger partial charge in [-0.1, -0.05) is 6.92 Å². The normalized spacial score (nSPS) is 17.9. The number of anilines is 2. The Bertz CT molecular complexity index is 1170. The second kappa shape index (κ2) is 13.9. The van der Waals surface area contributed by atoms with E-state index in [-0.39, 0.29) is 49.5 Å². The van der Waals surface area contributed by atoms with Gasteiger partial charge >= 0.3 is 12.1 Å². The average Bonchev–Trinajstić information content (AvgIpc) is 2.95. The highest BCUT2D eigenvalue weighted by molar-refractivity contribution is 5.90. The lowest BCUT2D eigenvalue weighted by molar-refractivity contribution is -0.134. The van der Waals surface area contributed by atoms with Crippen LogP contribution in [0.1, 0.15) is 33.3 Å². The highest BCUT2D eigenvalue weighted by atomic mass is 16.5. The monoisotopic (exact) mass is 555 g/mol. The van der Waals surface area contributed by atoms with E-state index in [0.717, 1.165) is 0 Å². The minimum absolute atomic E-state index is 0.0348. The van der Waals surface area contributed by atoms with Crippen molar-refractivity contribution in [2.45, 2.75) is 52.3 Å². The molecule has 11 nitrogen and oxygen atoms in total. The number of benzene rings is 2. The van der Waals surface area contributed by atoms with Gasteiger partial charge in [0.1, 0.15) is 17.6 Å². The van der Waals surface area contributed by atoms with Gasteiger partial charge in [0.15, 0.2) is 0 Å². The SMILES string of the molecule is COc1ccc(NC(=O)N(C)C[C@@H]2Oc3ccc(NC(=O)NC(C)C)cc3CC(=O)N([C@H](C)CO)C[C@H]2C)cc1. The molecule has 0 aromatic heterocycles. The van der Waals surface area contributed by atoms with Crippen molar-refractivity contribution in [3.05, 3.63) is 48.0 Å². The third-order valence-corrected chi connectivity index (χ3v) is 6.74. The molecule has 2 aromatic rings. The lowest BCUT2D eigenvalue weighted by Crippen LogP contribution is -2.48. The summed E-state index contributed by atoms with van der Waals surface area (Å²) in [6.07, 6.45) is -0.429. The van der Waals surface area contributed by atoms with E-state index in [0.29, 0.717) is 35.0 Å². The number of likely N-dealkylation sites (N-methyl/N-ethyl adjacent to an activating group) is 1. The first-order chi connectivity index (χ1) is 19.0. The molecule has 5 amide bonds. The molecule has 4 N–H and O–H groups in total. The lowest BCUT2D eigenvalue weighted by Gasteiger charge is -2.34. The number of rotatable bonds is 8. The smallest absolute Gasteiger partial charge is 0.321 e. The molecule has 0 aliphatic carbocycles. The second-order valence-corrected chi connectivity index (χ2v) is 10.5. The zero-order valence-electron chi connectivity index (χ0n) is 24.1. The molecule has 1 aliphatic heterocycles. The maximum atomic E-state index is 13.4. The first-order valence-electron chi connectivity index (χ1n) is 13.4. The summed E-state index contributed by atoms with van der Waals surface area (Å²) in [7, 11) is 3.26. The summed E-state index contributed by atoms with van der Waals surface area (Å²) < 4.78 is 11.6. The summed E-state index contributed by atoms with van der Waals surface area (Å²) in [6, 6.07) is 11.1. The molecule has 0 saturated heterocycles. The molecule has 0 radical (unpaired) electrons. The summed E-state index contributed by atoms with van der Waals surface area (Å²) in [6.45, 7) is 7.89. The summed E-state index contributed by atoms with van der Waals surface area (Å²) in [5.74, 6) is 0.860. The molecule has 1 aliphatic rings. The van der Waals surface area contributed by atoms with Gasteiger partial charge in [-0.2, -0.15) is 0 Å². The van der Waals surface area contributed by atoms with Gasteiger partial charge in [-0.05, 0) is 63.2 Å². The summed E-state index contributed by atoms with van der Waals surface area (Å²) in [4.78, 5) is 41.8. The van der Waals surface area contributed by atoms with Gasteiger partial charge in [0.05, 0.1) is 32.7 Å². The molecular weight excluding hydrogens is 514 g/mol. The van der Waals surface area contributed by atoms with Crippen LogP contribution in [0.3, 0.4) is 0 Å². The Kier molecular flexibility index (Phi) is 10.6. The number of carbonyl (C=O) groups excluding carboxylic acids is 3. The van der Waals surface area contributed by atoms with E-state index in [1.165, 1.54) is 4.90 Å². The Morgan fingerprint density at radius 3 is 2.42 bits per heavy atom. The second-order valence-electron chi connectivity index (χ2n) is 10.5. The van der Waals surface area contributed by atoms with Crippen molar-refractivity contribution in [3.63, 3.8) is 0 Å². The van der Waals surface area contributed by atoms with Gasteiger partial charge in [-0.15, -0.1) is 0 Å². The fourth-order valence-electron chi connectivity index (χ4n) is 4.40. The van der Waals surface area contributed by atoms with Crippen LogP contribution in [0, 0.1) is 5.92 Å². The highest BCUT2D eigenvalue weighted by Crippen LogP contribution is 2.29. The summed E-state index contributed by atoms with van der Waals surface area (Å²) in [5, 5.41) is 18.3. The summed E-state index contributed by atoms with van der Waals surface area (Å²) >= 11 is 0. The van der Waals surface area contributed by atoms with Gasteiger partial charge in [0, 0.05) is 42.5 Å². The Morgan fingerprint density at radius 1 is 1.12 bits per heavy atom. The molecule has 11 heteroatoms. The molecule has 1 heterocycles. The van der Waals surface area contributed by atoms with Crippen LogP contribution in [-0.2, 0) is 11.2 Å². The molecule has 40 heavy (non-hydrogen) atoms. The highest BCUT2D eigenvalue weighted by Gasteiger charge is 2.32. The quantitative estimate of drug-likeness (QED) is 0.394. The number of hydrogen-bond donors (Lipinski definition) is 4. The average molecular weight is 556 g/mol. The van der Waals surface area contributed by atoms with E-state index in [1.54, 1.807) is 68.4 Å². The molecule has 3 atom stereocenters. The van der Waals surface area contributed by atoms with Crippen LogP contribution in [0.5, 0.6) is 11.5 Å². The van der Waals surface area contributed by atoms with Crippen molar-refractivity contribution in [3.8, 4) is 11.5 Å². The first kappa shape index (κ1) is 30.6. The number of amides is 5. The van der Waals surface area contributed by atoms with Gasteiger partial charge in [0.25, 0.3) is 0 Å². The van der Waals surface area contributed by atoms with Gasteiger partial charge in [0.2, 0.25) is 5.91 Å². The number of hydrogen-bond acceptors (Lipinski definition) is 6. The Hall–Kier alpha value is -3.99. The third kappa shape index (κ3) is 8.25. The molecule has 218 valence electrons. The number of nitrogens with zero attached hydrogens (tertiary/aromatic N) is 2. The zero-order valence-corrected chi connectivity index (χ0v) is 24.1. The van der Waals surface area contributed by atoms with E-state index in [4.69, 9.17) is 9.47 Å². The van der Waals surface area contributed by atoms with Gasteiger partial charge in [-0.3, -0.25) is 4.79 Å². The zero-order chi connectivity index (χ0) is 29.4. The molecule has 3 rings (SSSR count). The number of methoxy groups -OCH3 is 1. The van der Waals surface area contributed by atoms with Crippen molar-refractivity contribution in [1.82, 2.24) is 15.1 Å². The molecule has 0 spiro atoms. The molecule has 2 aromatic carbocycles. The Labute approximate surface area is 235 Å². The molecule has 0 saturated carbocycles. The van der Waals surface area contributed by atoms with E-state index in [2.05, 4.69) is 16.0 Å². The van der Waals surface area contributed by atoms with Gasteiger partial charge in [-0.25, -0.2) is 9.59 Å². The van der Waals surface area contributed by atoms with E-state index in [1.807, 2.05) is 20.8 Å². The Morgan fingerprint density at radius 2 is 1.80 bits per heavy atom. The number of aliphatic hydroxyl groups excluding tert-OH is 1. The minimum Gasteiger partial charge on any atom is -0.497 e.